The van der Waals surface area contributed by atoms with Crippen molar-refractivity contribution in [1.29, 1.82) is 0 Å². The first-order valence-electron chi connectivity index (χ1n) is 8.54. The lowest BCUT2D eigenvalue weighted by Crippen LogP contribution is -2.17. The number of benzene rings is 1. The summed E-state index contributed by atoms with van der Waals surface area (Å²) in [5.74, 6) is -0.535. The summed E-state index contributed by atoms with van der Waals surface area (Å²) in [6, 6.07) is 6.25. The van der Waals surface area contributed by atoms with E-state index >= 15 is 0 Å². The molecule has 4 rings (SSSR count). The lowest BCUT2D eigenvalue weighted by Gasteiger charge is -2.10. The van der Waals surface area contributed by atoms with E-state index in [2.05, 4.69) is 15.4 Å². The average molecular weight is 403 g/mol. The van der Waals surface area contributed by atoms with Gasteiger partial charge in [-0.3, -0.25) is 14.8 Å². The van der Waals surface area contributed by atoms with Crippen molar-refractivity contribution in [2.75, 3.05) is 11.1 Å². The predicted molar refractivity (Wildman–Crippen MR) is 104 cm³/mol. The second-order valence-corrected chi connectivity index (χ2v) is 9.60. The number of nitrogens with one attached hydrogen (secondary N) is 1. The second-order valence-electron chi connectivity index (χ2n) is 6.27. The Bertz CT molecular complexity index is 1150. The van der Waals surface area contributed by atoms with Crippen molar-refractivity contribution >= 4 is 32.2 Å². The summed E-state index contributed by atoms with van der Waals surface area (Å²) in [5.41, 5.74) is 3.10. The van der Waals surface area contributed by atoms with E-state index in [0.717, 1.165) is 34.7 Å². The minimum absolute atomic E-state index is 0.0425. The van der Waals surface area contributed by atoms with Crippen molar-refractivity contribution < 1.29 is 13.2 Å². The normalized spacial score (nSPS) is 13.1. The van der Waals surface area contributed by atoms with E-state index in [-0.39, 0.29) is 16.2 Å². The van der Waals surface area contributed by atoms with Crippen LogP contribution < -0.4 is 5.32 Å². The molecule has 0 spiro atoms. The fourth-order valence-electron chi connectivity index (χ4n) is 3.22. The highest BCUT2D eigenvalue weighted by Crippen LogP contribution is 2.38. The lowest BCUT2D eigenvalue weighted by atomic mass is 10.0. The number of hydrogen-bond donors (Lipinski definition) is 1. The van der Waals surface area contributed by atoms with Crippen molar-refractivity contribution in [1.82, 2.24) is 14.8 Å². The van der Waals surface area contributed by atoms with Crippen LogP contribution >= 0.6 is 11.3 Å². The fourth-order valence-corrected chi connectivity index (χ4v) is 5.28. The van der Waals surface area contributed by atoms with Gasteiger partial charge in [-0.05, 0) is 25.0 Å². The third-order valence-corrected chi connectivity index (χ3v) is 7.49. The third-order valence-electron chi connectivity index (χ3n) is 4.67. The van der Waals surface area contributed by atoms with Crippen LogP contribution in [0.1, 0.15) is 27.9 Å². The summed E-state index contributed by atoms with van der Waals surface area (Å²) in [5, 5.41) is 7.52. The van der Waals surface area contributed by atoms with Gasteiger partial charge in [-0.1, -0.05) is 19.1 Å². The van der Waals surface area contributed by atoms with E-state index < -0.39 is 15.7 Å². The molecule has 7 nitrogen and oxygen atoms in total. The van der Waals surface area contributed by atoms with Crippen molar-refractivity contribution in [3.8, 4) is 11.3 Å². The number of hydrogen-bond acceptors (Lipinski definition) is 6. The highest BCUT2D eigenvalue weighted by Gasteiger charge is 2.25. The van der Waals surface area contributed by atoms with Gasteiger partial charge >= 0.3 is 0 Å². The maximum atomic E-state index is 12.7. The van der Waals surface area contributed by atoms with E-state index in [4.69, 9.17) is 0 Å². The summed E-state index contributed by atoms with van der Waals surface area (Å²) in [6.07, 6.45) is 3.52. The number of rotatable bonds is 4. The van der Waals surface area contributed by atoms with Crippen LogP contribution in [0.3, 0.4) is 0 Å². The van der Waals surface area contributed by atoms with Crippen LogP contribution in [0.2, 0.25) is 0 Å². The van der Waals surface area contributed by atoms with E-state index in [1.54, 1.807) is 25.3 Å². The Morgan fingerprint density at radius 2 is 2.07 bits per heavy atom. The smallest absolute Gasteiger partial charge is 0.258 e. The van der Waals surface area contributed by atoms with Crippen LogP contribution in [-0.2, 0) is 29.7 Å². The minimum atomic E-state index is -3.49. The second kappa shape index (κ2) is 6.58. The first kappa shape index (κ1) is 17.9. The molecule has 9 heteroatoms. The topological polar surface area (TPSA) is 93.9 Å². The van der Waals surface area contributed by atoms with Crippen molar-refractivity contribution in [3.05, 3.63) is 46.6 Å². The molecule has 1 N–H and O–H groups in total. The Morgan fingerprint density at radius 3 is 2.85 bits per heavy atom. The summed E-state index contributed by atoms with van der Waals surface area (Å²) in [6.45, 7) is 1.56. The molecule has 3 aromatic rings. The van der Waals surface area contributed by atoms with Crippen LogP contribution in [0.25, 0.3) is 11.3 Å². The van der Waals surface area contributed by atoms with Crippen LogP contribution in [0.5, 0.6) is 0 Å². The van der Waals surface area contributed by atoms with Crippen LogP contribution in [0.15, 0.2) is 35.4 Å². The molecule has 0 unspecified atom stereocenters. The Kier molecular flexibility index (Phi) is 4.35. The standard InChI is InChI=1S/C18H18N4O3S2/c1-3-27(24,25)15-7-5-4-6-11(15)17(23)21-18-20-16-12-10-19-22(2)13(12)8-9-14(16)26-18/h4-7,10H,3,8-9H2,1-2H3,(H,20,21,23). The summed E-state index contributed by atoms with van der Waals surface area (Å²) < 4.78 is 26.4. The molecular weight excluding hydrogens is 384 g/mol. The first-order chi connectivity index (χ1) is 12.9. The number of thiazole rings is 1. The highest BCUT2D eigenvalue weighted by molar-refractivity contribution is 7.91. The van der Waals surface area contributed by atoms with Crippen LogP contribution in [0.4, 0.5) is 5.13 Å². The van der Waals surface area contributed by atoms with Crippen molar-refractivity contribution in [3.63, 3.8) is 0 Å². The molecular formula is C18H18N4O3S2. The largest absolute Gasteiger partial charge is 0.298 e. The molecule has 1 amide bonds. The maximum absolute atomic E-state index is 12.7. The van der Waals surface area contributed by atoms with E-state index in [9.17, 15) is 13.2 Å². The number of aromatic nitrogens is 3. The van der Waals surface area contributed by atoms with E-state index in [0.29, 0.717) is 5.13 Å². The molecule has 0 radical (unpaired) electrons. The molecule has 27 heavy (non-hydrogen) atoms. The van der Waals surface area contributed by atoms with Gasteiger partial charge in [0.05, 0.1) is 28.1 Å². The number of anilines is 1. The van der Waals surface area contributed by atoms with Gasteiger partial charge in [0, 0.05) is 23.2 Å². The Labute approximate surface area is 161 Å². The third kappa shape index (κ3) is 3.06. The van der Waals surface area contributed by atoms with E-state index in [1.807, 2.05) is 11.7 Å². The van der Waals surface area contributed by atoms with Gasteiger partial charge in [-0.15, -0.1) is 11.3 Å². The maximum Gasteiger partial charge on any atom is 0.258 e. The molecule has 0 saturated heterocycles. The number of carbonyl (C=O) groups is 1. The summed E-state index contributed by atoms with van der Waals surface area (Å²) >= 11 is 1.42. The van der Waals surface area contributed by atoms with Crippen molar-refractivity contribution in [2.24, 2.45) is 7.05 Å². The van der Waals surface area contributed by atoms with Gasteiger partial charge in [0.2, 0.25) is 0 Å². The number of sulfone groups is 1. The molecule has 140 valence electrons. The SMILES string of the molecule is CCS(=O)(=O)c1ccccc1C(=O)Nc1nc2c(s1)CCc1c-2cnn1C. The fraction of sp³-hybridized carbons (Fsp3) is 0.278. The van der Waals surface area contributed by atoms with Gasteiger partial charge in [0.25, 0.3) is 5.91 Å². The summed E-state index contributed by atoms with van der Waals surface area (Å²) in [7, 11) is -1.59. The molecule has 2 aromatic heterocycles. The van der Waals surface area contributed by atoms with Gasteiger partial charge in [0.1, 0.15) is 0 Å². The molecule has 0 aliphatic heterocycles. The quantitative estimate of drug-likeness (QED) is 0.724. The highest BCUT2D eigenvalue weighted by atomic mass is 32.2. The van der Waals surface area contributed by atoms with Gasteiger partial charge < -0.3 is 0 Å². The van der Waals surface area contributed by atoms with Gasteiger partial charge in [-0.2, -0.15) is 5.10 Å². The van der Waals surface area contributed by atoms with Crippen LogP contribution in [-0.4, -0.2) is 34.8 Å². The average Bonchev–Trinajstić information content (AvgIpc) is 3.24. The molecule has 1 aliphatic carbocycles. The number of fused-ring (bicyclic) bond motifs is 3. The number of nitrogens with zero attached hydrogens (tertiary/aromatic N) is 3. The lowest BCUT2D eigenvalue weighted by molar-refractivity contribution is 0.102. The zero-order valence-corrected chi connectivity index (χ0v) is 16.5. The van der Waals surface area contributed by atoms with Crippen LogP contribution in [0, 0.1) is 0 Å². The minimum Gasteiger partial charge on any atom is -0.298 e. The summed E-state index contributed by atoms with van der Waals surface area (Å²) in [4.78, 5) is 18.4. The Morgan fingerprint density at radius 1 is 1.30 bits per heavy atom. The molecule has 1 aromatic carbocycles. The first-order valence-corrected chi connectivity index (χ1v) is 11.0. The molecule has 0 bridgehead atoms. The molecule has 1 aliphatic rings. The number of amides is 1. The predicted octanol–water partition coefficient (Wildman–Crippen LogP) is 2.69. The number of carbonyl (C=O) groups excluding carboxylic acids is 1. The van der Waals surface area contributed by atoms with E-state index in [1.165, 1.54) is 23.5 Å². The molecule has 0 saturated carbocycles. The molecule has 0 atom stereocenters. The zero-order chi connectivity index (χ0) is 19.2. The molecule has 0 fully saturated rings. The van der Waals surface area contributed by atoms with Gasteiger partial charge in [-0.25, -0.2) is 13.4 Å². The van der Waals surface area contributed by atoms with Crippen molar-refractivity contribution in [2.45, 2.75) is 24.7 Å². The molecule has 2 heterocycles. The van der Waals surface area contributed by atoms with Gasteiger partial charge in [0.15, 0.2) is 15.0 Å². The monoisotopic (exact) mass is 402 g/mol. The Hall–Kier alpha value is -2.52. The number of aryl methyl sites for hydroxylation is 2. The Balaban J connectivity index is 1.66. The zero-order valence-electron chi connectivity index (χ0n) is 14.9.